The summed E-state index contributed by atoms with van der Waals surface area (Å²) in [6, 6.07) is 8.62. The topological polar surface area (TPSA) is 81.0 Å². The lowest BCUT2D eigenvalue weighted by atomic mass is 10.2. The Morgan fingerprint density at radius 2 is 2.04 bits per heavy atom. The van der Waals surface area contributed by atoms with Crippen LogP contribution in [0.2, 0.25) is 0 Å². The Kier molecular flexibility index (Phi) is 4.18. The van der Waals surface area contributed by atoms with Crippen LogP contribution in [0, 0.1) is 0 Å². The van der Waals surface area contributed by atoms with Crippen molar-refractivity contribution in [2.45, 2.75) is 13.5 Å². The van der Waals surface area contributed by atoms with Crippen LogP contribution in [0.3, 0.4) is 0 Å². The molecule has 2 aromatic rings. The second kappa shape index (κ2) is 6.43. The highest BCUT2D eigenvalue weighted by atomic mass is 16.7. The van der Waals surface area contributed by atoms with Gasteiger partial charge in [0.1, 0.15) is 12.3 Å². The lowest BCUT2D eigenvalue weighted by Crippen LogP contribution is -2.36. The second-order valence-electron chi connectivity index (χ2n) is 5.07. The van der Waals surface area contributed by atoms with Crippen molar-refractivity contribution >= 4 is 17.5 Å². The van der Waals surface area contributed by atoms with Crippen LogP contribution < -0.4 is 14.8 Å². The molecule has 1 aromatic carbocycles. The zero-order valence-corrected chi connectivity index (χ0v) is 12.6. The fraction of sp³-hybridized carbons (Fsp3) is 0.250. The molecule has 7 nitrogen and oxygen atoms in total. The molecule has 2 heterocycles. The Morgan fingerprint density at radius 1 is 1.22 bits per heavy atom. The number of hydrogen-bond acceptors (Lipinski definition) is 5. The van der Waals surface area contributed by atoms with E-state index < -0.39 is 0 Å². The van der Waals surface area contributed by atoms with Gasteiger partial charge in [-0.3, -0.25) is 9.59 Å². The quantitative estimate of drug-likeness (QED) is 0.912. The second-order valence-corrected chi connectivity index (χ2v) is 5.07. The number of amides is 2. The summed E-state index contributed by atoms with van der Waals surface area (Å²) in [5.74, 6) is 1.34. The average Bonchev–Trinajstić information content (AvgIpc) is 3.16. The van der Waals surface area contributed by atoms with Crippen molar-refractivity contribution in [1.29, 1.82) is 0 Å². The number of carbonyl (C=O) groups is 2. The SMILES string of the molecule is CC(=O)N(CC(=O)Nc1ccc2c(c1)OCO2)Cc1ccco1. The summed E-state index contributed by atoms with van der Waals surface area (Å²) < 4.78 is 15.7. The molecule has 1 aliphatic heterocycles. The van der Waals surface area contributed by atoms with Gasteiger partial charge in [-0.25, -0.2) is 0 Å². The van der Waals surface area contributed by atoms with Crippen molar-refractivity contribution in [3.05, 3.63) is 42.4 Å². The van der Waals surface area contributed by atoms with Crippen molar-refractivity contribution in [3.8, 4) is 11.5 Å². The van der Waals surface area contributed by atoms with Crippen LogP contribution in [0.1, 0.15) is 12.7 Å². The molecular weight excluding hydrogens is 300 g/mol. The van der Waals surface area contributed by atoms with Crippen molar-refractivity contribution in [1.82, 2.24) is 4.90 Å². The number of nitrogens with zero attached hydrogens (tertiary/aromatic N) is 1. The molecule has 1 aliphatic rings. The number of anilines is 1. The number of furan rings is 1. The van der Waals surface area contributed by atoms with Gasteiger partial charge in [-0.05, 0) is 24.3 Å². The number of ether oxygens (including phenoxy) is 2. The minimum atomic E-state index is -0.300. The van der Waals surface area contributed by atoms with E-state index in [4.69, 9.17) is 13.9 Å². The molecule has 0 unspecified atom stereocenters. The highest BCUT2D eigenvalue weighted by Crippen LogP contribution is 2.34. The standard InChI is InChI=1S/C16H16N2O5/c1-11(19)18(8-13-3-2-6-21-13)9-16(20)17-12-4-5-14-15(7-12)23-10-22-14/h2-7H,8-10H2,1H3,(H,17,20). The summed E-state index contributed by atoms with van der Waals surface area (Å²) in [5.41, 5.74) is 0.584. The highest BCUT2D eigenvalue weighted by Gasteiger charge is 2.17. The smallest absolute Gasteiger partial charge is 0.244 e. The molecule has 1 aromatic heterocycles. The Hall–Kier alpha value is -2.96. The van der Waals surface area contributed by atoms with Gasteiger partial charge in [0, 0.05) is 18.7 Å². The van der Waals surface area contributed by atoms with Crippen molar-refractivity contribution in [3.63, 3.8) is 0 Å². The molecule has 0 spiro atoms. The van der Waals surface area contributed by atoms with E-state index in [0.717, 1.165) is 0 Å². The summed E-state index contributed by atoms with van der Waals surface area (Å²) in [6.45, 7) is 1.77. The first-order valence-electron chi connectivity index (χ1n) is 7.09. The maximum atomic E-state index is 12.1. The molecule has 0 aliphatic carbocycles. The van der Waals surface area contributed by atoms with Crippen LogP contribution in [0.25, 0.3) is 0 Å². The molecule has 0 saturated heterocycles. The van der Waals surface area contributed by atoms with E-state index in [-0.39, 0.29) is 31.7 Å². The van der Waals surface area contributed by atoms with Gasteiger partial charge in [-0.1, -0.05) is 0 Å². The number of rotatable bonds is 5. The molecule has 0 radical (unpaired) electrons. The Balaban J connectivity index is 1.61. The minimum Gasteiger partial charge on any atom is -0.467 e. The van der Waals surface area contributed by atoms with Gasteiger partial charge >= 0.3 is 0 Å². The molecule has 0 fully saturated rings. The van der Waals surface area contributed by atoms with Crippen LogP contribution >= 0.6 is 0 Å². The zero-order valence-electron chi connectivity index (χ0n) is 12.6. The maximum Gasteiger partial charge on any atom is 0.244 e. The summed E-state index contributed by atoms with van der Waals surface area (Å²) in [7, 11) is 0. The molecule has 120 valence electrons. The number of fused-ring (bicyclic) bond motifs is 1. The number of carbonyl (C=O) groups excluding carboxylic acids is 2. The molecule has 0 atom stereocenters. The Bertz CT molecular complexity index is 711. The van der Waals surface area contributed by atoms with Gasteiger partial charge in [-0.15, -0.1) is 0 Å². The number of benzene rings is 1. The van der Waals surface area contributed by atoms with E-state index >= 15 is 0 Å². The van der Waals surface area contributed by atoms with Gasteiger partial charge in [0.05, 0.1) is 12.8 Å². The monoisotopic (exact) mass is 316 g/mol. The first-order chi connectivity index (χ1) is 11.1. The Labute approximate surface area is 132 Å². The lowest BCUT2D eigenvalue weighted by Gasteiger charge is -2.19. The van der Waals surface area contributed by atoms with Crippen LogP contribution in [-0.4, -0.2) is 30.1 Å². The predicted octanol–water partition coefficient (Wildman–Crippen LogP) is 2.00. The first-order valence-corrected chi connectivity index (χ1v) is 7.09. The summed E-state index contributed by atoms with van der Waals surface area (Å²) in [4.78, 5) is 25.2. The normalized spacial score (nSPS) is 12.0. The number of nitrogens with one attached hydrogen (secondary N) is 1. The molecule has 23 heavy (non-hydrogen) atoms. The molecule has 0 bridgehead atoms. The van der Waals surface area contributed by atoms with Crippen LogP contribution in [-0.2, 0) is 16.1 Å². The van der Waals surface area contributed by atoms with Gasteiger partial charge in [-0.2, -0.15) is 0 Å². The minimum absolute atomic E-state index is 0.0650. The van der Waals surface area contributed by atoms with Gasteiger partial charge < -0.3 is 24.1 Å². The van der Waals surface area contributed by atoms with Crippen molar-refractivity contribution in [2.75, 3.05) is 18.7 Å². The third-order valence-electron chi connectivity index (χ3n) is 3.36. The third kappa shape index (κ3) is 3.63. The van der Waals surface area contributed by atoms with Gasteiger partial charge in [0.15, 0.2) is 11.5 Å². The zero-order chi connectivity index (χ0) is 16.2. The van der Waals surface area contributed by atoms with Gasteiger partial charge in [0.2, 0.25) is 18.6 Å². The van der Waals surface area contributed by atoms with E-state index in [9.17, 15) is 9.59 Å². The fourth-order valence-corrected chi connectivity index (χ4v) is 2.22. The summed E-state index contributed by atoms with van der Waals surface area (Å²) >= 11 is 0. The lowest BCUT2D eigenvalue weighted by molar-refractivity contribution is -0.133. The summed E-state index contributed by atoms with van der Waals surface area (Å²) in [5, 5.41) is 2.74. The largest absolute Gasteiger partial charge is 0.467 e. The average molecular weight is 316 g/mol. The summed E-state index contributed by atoms with van der Waals surface area (Å²) in [6.07, 6.45) is 1.53. The van der Waals surface area contributed by atoms with Crippen LogP contribution in [0.15, 0.2) is 41.0 Å². The van der Waals surface area contributed by atoms with Crippen LogP contribution in [0.4, 0.5) is 5.69 Å². The van der Waals surface area contributed by atoms with E-state index in [2.05, 4.69) is 5.32 Å². The van der Waals surface area contributed by atoms with E-state index in [0.29, 0.717) is 22.9 Å². The Morgan fingerprint density at radius 3 is 2.78 bits per heavy atom. The molecular formula is C16H16N2O5. The molecule has 7 heteroatoms. The van der Waals surface area contributed by atoms with E-state index in [1.165, 1.54) is 18.1 Å². The predicted molar refractivity (Wildman–Crippen MR) is 81.0 cm³/mol. The van der Waals surface area contributed by atoms with Crippen molar-refractivity contribution in [2.24, 2.45) is 0 Å². The number of hydrogen-bond donors (Lipinski definition) is 1. The highest BCUT2D eigenvalue weighted by molar-refractivity contribution is 5.94. The molecule has 1 N–H and O–H groups in total. The van der Waals surface area contributed by atoms with Crippen LogP contribution in [0.5, 0.6) is 11.5 Å². The molecule has 2 amide bonds. The third-order valence-corrected chi connectivity index (χ3v) is 3.36. The van der Waals surface area contributed by atoms with E-state index in [1.54, 1.807) is 30.3 Å². The van der Waals surface area contributed by atoms with Gasteiger partial charge in [0.25, 0.3) is 0 Å². The molecule has 3 rings (SSSR count). The first kappa shape index (κ1) is 15.0. The fourth-order valence-electron chi connectivity index (χ4n) is 2.22. The van der Waals surface area contributed by atoms with Crippen molar-refractivity contribution < 1.29 is 23.5 Å². The molecule has 0 saturated carbocycles. The maximum absolute atomic E-state index is 12.1. The van der Waals surface area contributed by atoms with E-state index in [1.807, 2.05) is 0 Å².